The van der Waals surface area contributed by atoms with E-state index >= 15 is 0 Å². The van der Waals surface area contributed by atoms with Crippen molar-refractivity contribution in [3.63, 3.8) is 0 Å². The highest BCUT2D eigenvalue weighted by Gasteiger charge is 2.38. The first kappa shape index (κ1) is 18.0. The predicted octanol–water partition coefficient (Wildman–Crippen LogP) is 3.40. The number of nitrogens with one attached hydrogen (secondary N) is 1. The van der Waals surface area contributed by atoms with Gasteiger partial charge in [-0.2, -0.15) is 4.98 Å². The minimum Gasteiger partial charge on any atom is -0.381 e. The first-order valence-electron chi connectivity index (χ1n) is 9.67. The van der Waals surface area contributed by atoms with Gasteiger partial charge < -0.3 is 19.5 Å². The smallest absolute Gasteiger partial charge is 0.318 e. The molecule has 0 unspecified atom stereocenters. The zero-order valence-electron chi connectivity index (χ0n) is 15.7. The molecule has 0 radical (unpaired) electrons. The van der Waals surface area contributed by atoms with Crippen LogP contribution >= 0.6 is 0 Å². The van der Waals surface area contributed by atoms with E-state index in [1.54, 1.807) is 0 Å². The summed E-state index contributed by atoms with van der Waals surface area (Å²) >= 11 is 0. The van der Waals surface area contributed by atoms with Crippen LogP contribution in [0.1, 0.15) is 44.5 Å². The summed E-state index contributed by atoms with van der Waals surface area (Å²) in [5.41, 5.74) is 1.12. The highest BCUT2D eigenvalue weighted by atomic mass is 16.5. The number of carbonyl (C=O) groups is 1. The number of urea groups is 1. The molecule has 0 aliphatic carbocycles. The lowest BCUT2D eigenvalue weighted by atomic mass is 9.74. The van der Waals surface area contributed by atoms with Crippen molar-refractivity contribution in [2.24, 2.45) is 5.41 Å². The molecule has 1 N–H and O–H groups in total. The molecule has 2 aliphatic heterocycles. The normalized spacial score (nSPS) is 20.4. The first-order chi connectivity index (χ1) is 13.2. The fraction of sp³-hybridized carbons (Fsp3) is 0.550. The molecule has 1 spiro atoms. The molecule has 2 aliphatic rings. The lowest BCUT2D eigenvalue weighted by molar-refractivity contribution is -0.0188. The number of hydrogen-bond donors (Lipinski definition) is 1. The van der Waals surface area contributed by atoms with Gasteiger partial charge in [0.05, 0.1) is 0 Å². The van der Waals surface area contributed by atoms with Gasteiger partial charge in [-0.25, -0.2) is 4.79 Å². The van der Waals surface area contributed by atoms with Gasteiger partial charge in [-0.3, -0.25) is 0 Å². The van der Waals surface area contributed by atoms with Crippen LogP contribution in [0.15, 0.2) is 34.9 Å². The Balaban J connectivity index is 1.38. The van der Waals surface area contributed by atoms with Gasteiger partial charge in [0.15, 0.2) is 0 Å². The zero-order chi connectivity index (χ0) is 18.7. The van der Waals surface area contributed by atoms with Crippen molar-refractivity contribution in [2.75, 3.05) is 26.3 Å². The van der Waals surface area contributed by atoms with Crippen molar-refractivity contribution >= 4 is 6.03 Å². The highest BCUT2D eigenvalue weighted by Crippen LogP contribution is 2.39. The summed E-state index contributed by atoms with van der Waals surface area (Å²) in [7, 11) is 0. The fourth-order valence-electron chi connectivity index (χ4n) is 4.05. The number of ether oxygens (including phenoxy) is 1. The average molecular weight is 370 g/mol. The van der Waals surface area contributed by atoms with Gasteiger partial charge in [-0.05, 0) is 38.0 Å². The average Bonchev–Trinajstić information content (AvgIpc) is 3.20. The summed E-state index contributed by atoms with van der Waals surface area (Å²) in [5, 5.41) is 7.04. The van der Waals surface area contributed by atoms with Crippen molar-refractivity contribution < 1.29 is 14.1 Å². The van der Waals surface area contributed by atoms with Crippen LogP contribution in [-0.2, 0) is 4.74 Å². The molecule has 7 heteroatoms. The second kappa shape index (κ2) is 7.68. The van der Waals surface area contributed by atoms with Gasteiger partial charge in [0, 0.05) is 31.9 Å². The number of amides is 2. The Labute approximate surface area is 159 Å². The number of benzene rings is 1. The highest BCUT2D eigenvalue weighted by molar-refractivity contribution is 5.74. The summed E-state index contributed by atoms with van der Waals surface area (Å²) in [6, 6.07) is 9.26. The molecule has 2 saturated heterocycles. The topological polar surface area (TPSA) is 80.5 Å². The van der Waals surface area contributed by atoms with E-state index in [1.807, 2.05) is 42.2 Å². The van der Waals surface area contributed by atoms with Crippen molar-refractivity contribution in [1.82, 2.24) is 20.4 Å². The van der Waals surface area contributed by atoms with E-state index in [2.05, 4.69) is 15.5 Å². The third-order valence-electron chi connectivity index (χ3n) is 5.69. The van der Waals surface area contributed by atoms with Crippen LogP contribution in [0.5, 0.6) is 0 Å². The number of likely N-dealkylation sites (tertiary alicyclic amines) is 1. The predicted molar refractivity (Wildman–Crippen MR) is 100.0 cm³/mol. The zero-order valence-corrected chi connectivity index (χ0v) is 15.7. The molecule has 7 nitrogen and oxygen atoms in total. The molecule has 0 saturated carbocycles. The van der Waals surface area contributed by atoms with E-state index in [-0.39, 0.29) is 17.5 Å². The van der Waals surface area contributed by atoms with Crippen LogP contribution in [0.2, 0.25) is 0 Å². The van der Waals surface area contributed by atoms with Crippen LogP contribution < -0.4 is 5.32 Å². The third kappa shape index (κ3) is 3.98. The molecule has 2 amide bonds. The number of piperidine rings is 1. The molecule has 1 aromatic heterocycles. The molecular formula is C20H26N4O3. The Hall–Kier alpha value is -2.41. The van der Waals surface area contributed by atoms with Crippen LogP contribution in [-0.4, -0.2) is 47.4 Å². The lowest BCUT2D eigenvalue weighted by Gasteiger charge is -2.45. The first-order valence-corrected chi connectivity index (χ1v) is 9.67. The SMILES string of the molecule is C[C@@H](NC(=O)N1CCCC2(CCOCC2)C1)c1nc(-c2ccccc2)no1. The van der Waals surface area contributed by atoms with Crippen LogP contribution in [0, 0.1) is 5.41 Å². The minimum atomic E-state index is -0.338. The summed E-state index contributed by atoms with van der Waals surface area (Å²) in [5.74, 6) is 0.950. The molecule has 2 aromatic rings. The molecular weight excluding hydrogens is 344 g/mol. The Morgan fingerprint density at radius 2 is 2.00 bits per heavy atom. The monoisotopic (exact) mass is 370 g/mol. The van der Waals surface area contributed by atoms with E-state index < -0.39 is 0 Å². The van der Waals surface area contributed by atoms with Gasteiger partial charge in [0.25, 0.3) is 0 Å². The molecule has 2 fully saturated rings. The summed E-state index contributed by atoms with van der Waals surface area (Å²) in [4.78, 5) is 19.1. The molecule has 3 heterocycles. The summed E-state index contributed by atoms with van der Waals surface area (Å²) < 4.78 is 10.9. The molecule has 1 aromatic carbocycles. The molecule has 1 atom stereocenters. The van der Waals surface area contributed by atoms with E-state index in [9.17, 15) is 4.79 Å². The molecule has 144 valence electrons. The van der Waals surface area contributed by atoms with Crippen LogP contribution in [0.4, 0.5) is 4.79 Å². The third-order valence-corrected chi connectivity index (χ3v) is 5.69. The lowest BCUT2D eigenvalue weighted by Crippen LogP contribution is -2.51. The quantitative estimate of drug-likeness (QED) is 0.896. The maximum atomic E-state index is 12.8. The van der Waals surface area contributed by atoms with Crippen molar-refractivity contribution in [1.29, 1.82) is 0 Å². The maximum absolute atomic E-state index is 12.8. The molecule has 0 bridgehead atoms. The van der Waals surface area contributed by atoms with Crippen molar-refractivity contribution in [3.05, 3.63) is 36.2 Å². The van der Waals surface area contributed by atoms with Gasteiger partial charge in [0.1, 0.15) is 6.04 Å². The standard InChI is InChI=1S/C20H26N4O3/c1-15(18-22-17(23-27-18)16-6-3-2-4-7-16)21-19(25)24-11-5-8-20(14-24)9-12-26-13-10-20/h2-4,6-7,15H,5,8-14H2,1H3,(H,21,25)/t15-/m1/s1. The Kier molecular flexibility index (Phi) is 5.11. The minimum absolute atomic E-state index is 0.0625. The van der Waals surface area contributed by atoms with Gasteiger partial charge in [-0.15, -0.1) is 0 Å². The number of hydrogen-bond acceptors (Lipinski definition) is 5. The van der Waals surface area contributed by atoms with E-state index in [0.29, 0.717) is 11.7 Å². The van der Waals surface area contributed by atoms with E-state index in [4.69, 9.17) is 9.26 Å². The maximum Gasteiger partial charge on any atom is 0.318 e. The van der Waals surface area contributed by atoms with Gasteiger partial charge in [0.2, 0.25) is 11.7 Å². The number of nitrogens with zero attached hydrogens (tertiary/aromatic N) is 3. The Bertz CT molecular complexity index is 765. The number of aromatic nitrogens is 2. The Morgan fingerprint density at radius 1 is 1.22 bits per heavy atom. The van der Waals surface area contributed by atoms with Crippen LogP contribution in [0.3, 0.4) is 0 Å². The van der Waals surface area contributed by atoms with E-state index in [1.165, 1.54) is 6.42 Å². The fourth-order valence-corrected chi connectivity index (χ4v) is 4.05. The second-order valence-corrected chi connectivity index (χ2v) is 7.63. The molecule has 27 heavy (non-hydrogen) atoms. The number of rotatable bonds is 3. The van der Waals surface area contributed by atoms with Crippen LogP contribution in [0.25, 0.3) is 11.4 Å². The molecule has 4 rings (SSSR count). The number of carbonyl (C=O) groups excluding carboxylic acids is 1. The van der Waals surface area contributed by atoms with E-state index in [0.717, 1.165) is 51.1 Å². The van der Waals surface area contributed by atoms with Gasteiger partial charge >= 0.3 is 6.03 Å². The van der Waals surface area contributed by atoms with Crippen molar-refractivity contribution in [3.8, 4) is 11.4 Å². The van der Waals surface area contributed by atoms with Gasteiger partial charge in [-0.1, -0.05) is 35.5 Å². The summed E-state index contributed by atoms with van der Waals surface area (Å²) in [6.45, 7) is 5.06. The summed E-state index contributed by atoms with van der Waals surface area (Å²) in [6.07, 6.45) is 4.30. The van der Waals surface area contributed by atoms with Crippen molar-refractivity contribution in [2.45, 2.75) is 38.6 Å². The largest absolute Gasteiger partial charge is 0.381 e. The second-order valence-electron chi connectivity index (χ2n) is 7.63. The Morgan fingerprint density at radius 3 is 2.78 bits per heavy atom.